The maximum Gasteiger partial charge on any atom is 0.342 e. The third-order valence-electron chi connectivity index (χ3n) is 5.94. The largest absolute Gasteiger partial charge is 0.466 e. The quantitative estimate of drug-likeness (QED) is 0.137. The number of thiazole rings is 1. The van der Waals surface area contributed by atoms with Crippen molar-refractivity contribution in [3.8, 4) is 0 Å². The number of carbonyl (C=O) groups excluding carboxylic acids is 2. The standard InChI is InChI=1S/C26H29N3O6S2/c1-15-14-37-20(27-15)11-6-5-7-12-21(36)35-26(31)23-17(3)28-16(2)22(25(30)34-4)24(23)18-9-8-10-19(13-18)29(32)33/h8-10,13-14,24,28H,5-7,11-12H2,1-4H3. The summed E-state index contributed by atoms with van der Waals surface area (Å²) < 4.78 is 10.5. The number of nitro groups is 1. The first-order valence-electron chi connectivity index (χ1n) is 11.8. The van der Waals surface area contributed by atoms with Crippen molar-refractivity contribution in [1.29, 1.82) is 0 Å². The van der Waals surface area contributed by atoms with Crippen molar-refractivity contribution in [2.24, 2.45) is 0 Å². The molecule has 0 amide bonds. The SMILES string of the molecule is COC(=O)C1=C(C)NC(C)=C(C(=O)OC(=S)CCCCCc2nc(C)cs2)C1c1cccc([N+](=O)[O-])c1. The first-order valence-corrected chi connectivity index (χ1v) is 13.1. The second kappa shape index (κ2) is 12.7. The van der Waals surface area contributed by atoms with Crippen LogP contribution in [-0.2, 0) is 25.5 Å². The third kappa shape index (κ3) is 7.07. The van der Waals surface area contributed by atoms with Crippen LogP contribution in [0.3, 0.4) is 0 Å². The van der Waals surface area contributed by atoms with Gasteiger partial charge in [0, 0.05) is 41.0 Å². The van der Waals surface area contributed by atoms with Gasteiger partial charge in [-0.2, -0.15) is 0 Å². The Morgan fingerprint density at radius 2 is 1.84 bits per heavy atom. The minimum atomic E-state index is -0.925. The van der Waals surface area contributed by atoms with Gasteiger partial charge in [-0.15, -0.1) is 11.3 Å². The Balaban J connectivity index is 1.74. The number of unbranched alkanes of at least 4 members (excludes halogenated alkanes) is 2. The van der Waals surface area contributed by atoms with Gasteiger partial charge in [-0.1, -0.05) is 18.6 Å². The summed E-state index contributed by atoms with van der Waals surface area (Å²) in [5.74, 6) is -2.29. The molecular weight excluding hydrogens is 514 g/mol. The number of nitro benzene ring substituents is 1. The Morgan fingerprint density at radius 3 is 2.46 bits per heavy atom. The van der Waals surface area contributed by atoms with Crippen LogP contribution in [0.4, 0.5) is 5.69 Å². The van der Waals surface area contributed by atoms with E-state index in [9.17, 15) is 19.7 Å². The van der Waals surface area contributed by atoms with Crippen molar-refractivity contribution in [2.75, 3.05) is 7.11 Å². The fourth-order valence-electron chi connectivity index (χ4n) is 4.25. The Bertz CT molecular complexity index is 1280. The van der Waals surface area contributed by atoms with Crippen molar-refractivity contribution in [1.82, 2.24) is 10.3 Å². The molecule has 0 radical (unpaired) electrons. The molecule has 1 aromatic carbocycles. The van der Waals surface area contributed by atoms with E-state index >= 15 is 0 Å². The molecular formula is C26H29N3O6S2. The van der Waals surface area contributed by atoms with Gasteiger partial charge in [-0.25, -0.2) is 14.6 Å². The van der Waals surface area contributed by atoms with Gasteiger partial charge < -0.3 is 14.8 Å². The molecule has 1 aromatic heterocycles. The number of aromatic nitrogens is 1. The number of ether oxygens (including phenoxy) is 2. The molecule has 2 aromatic rings. The first-order chi connectivity index (χ1) is 17.6. The van der Waals surface area contributed by atoms with E-state index in [1.807, 2.05) is 12.3 Å². The number of rotatable bonds is 10. The lowest BCUT2D eigenvalue weighted by Gasteiger charge is -2.30. The number of allylic oxidation sites excluding steroid dienone is 2. The molecule has 0 saturated carbocycles. The maximum absolute atomic E-state index is 13.3. The molecule has 1 N–H and O–H groups in total. The van der Waals surface area contributed by atoms with Crippen molar-refractivity contribution in [3.05, 3.63) is 78.6 Å². The molecule has 196 valence electrons. The lowest BCUT2D eigenvalue weighted by molar-refractivity contribution is -0.384. The molecule has 0 spiro atoms. The Hall–Kier alpha value is -3.44. The van der Waals surface area contributed by atoms with Crippen molar-refractivity contribution in [3.63, 3.8) is 0 Å². The average Bonchev–Trinajstić information content (AvgIpc) is 3.27. The molecule has 11 heteroatoms. The second-order valence-corrected chi connectivity index (χ2v) is 10.1. The number of hydrogen-bond acceptors (Lipinski definition) is 10. The molecule has 3 rings (SSSR count). The van der Waals surface area contributed by atoms with E-state index in [1.165, 1.54) is 25.3 Å². The minimum absolute atomic E-state index is 0.146. The molecule has 1 atom stereocenters. The van der Waals surface area contributed by atoms with Crippen LogP contribution in [0.5, 0.6) is 0 Å². The van der Waals surface area contributed by atoms with E-state index in [2.05, 4.69) is 10.3 Å². The van der Waals surface area contributed by atoms with Gasteiger partial charge in [0.25, 0.3) is 5.69 Å². The average molecular weight is 544 g/mol. The van der Waals surface area contributed by atoms with Crippen LogP contribution < -0.4 is 5.32 Å². The highest BCUT2D eigenvalue weighted by molar-refractivity contribution is 7.80. The topological polar surface area (TPSA) is 121 Å². The van der Waals surface area contributed by atoms with Gasteiger partial charge in [-0.05, 0) is 57.8 Å². The number of nitrogens with zero attached hydrogens (tertiary/aromatic N) is 2. The number of dihydropyridines is 1. The number of non-ortho nitro benzene ring substituents is 1. The molecule has 37 heavy (non-hydrogen) atoms. The molecule has 0 bridgehead atoms. The summed E-state index contributed by atoms with van der Waals surface area (Å²) in [5.41, 5.74) is 2.52. The number of esters is 2. The Kier molecular flexibility index (Phi) is 9.65. The smallest absolute Gasteiger partial charge is 0.342 e. The van der Waals surface area contributed by atoms with Gasteiger partial charge in [-0.3, -0.25) is 10.1 Å². The van der Waals surface area contributed by atoms with E-state index in [1.54, 1.807) is 31.3 Å². The fraction of sp³-hybridized carbons (Fsp3) is 0.385. The molecule has 1 aliphatic heterocycles. The summed E-state index contributed by atoms with van der Waals surface area (Å²) >= 11 is 6.98. The van der Waals surface area contributed by atoms with Crippen LogP contribution in [0, 0.1) is 17.0 Å². The van der Waals surface area contributed by atoms with Crippen LogP contribution >= 0.6 is 23.6 Å². The van der Waals surface area contributed by atoms with E-state index < -0.39 is 22.8 Å². The lowest BCUT2D eigenvalue weighted by atomic mass is 9.80. The fourth-order valence-corrected chi connectivity index (χ4v) is 5.28. The molecule has 0 fully saturated rings. The van der Waals surface area contributed by atoms with Gasteiger partial charge in [0.05, 0.1) is 34.1 Å². The van der Waals surface area contributed by atoms with Gasteiger partial charge in [0.15, 0.2) is 5.05 Å². The number of carbonyl (C=O) groups is 2. The summed E-state index contributed by atoms with van der Waals surface area (Å²) in [4.78, 5) is 41.4. The zero-order valence-corrected chi connectivity index (χ0v) is 22.8. The summed E-state index contributed by atoms with van der Waals surface area (Å²) in [7, 11) is 1.24. The number of methoxy groups -OCH3 is 1. The minimum Gasteiger partial charge on any atom is -0.466 e. The number of benzene rings is 1. The van der Waals surface area contributed by atoms with Gasteiger partial charge >= 0.3 is 11.9 Å². The van der Waals surface area contributed by atoms with Crippen LogP contribution in [0.1, 0.15) is 61.7 Å². The third-order valence-corrected chi connectivity index (χ3v) is 7.26. The monoisotopic (exact) mass is 543 g/mol. The van der Waals surface area contributed by atoms with E-state index in [0.717, 1.165) is 36.4 Å². The highest BCUT2D eigenvalue weighted by Gasteiger charge is 2.38. The van der Waals surface area contributed by atoms with Gasteiger partial charge in [0.1, 0.15) is 0 Å². The summed E-state index contributed by atoms with van der Waals surface area (Å²) in [5, 5.41) is 17.7. The number of aryl methyl sites for hydroxylation is 2. The van der Waals surface area contributed by atoms with E-state index in [4.69, 9.17) is 21.7 Å². The van der Waals surface area contributed by atoms with Crippen LogP contribution in [0.25, 0.3) is 0 Å². The second-order valence-electron chi connectivity index (χ2n) is 8.68. The normalized spacial score (nSPS) is 15.3. The lowest BCUT2D eigenvalue weighted by Crippen LogP contribution is -2.32. The van der Waals surface area contributed by atoms with E-state index in [0.29, 0.717) is 23.4 Å². The van der Waals surface area contributed by atoms with Crippen molar-refractivity contribution in [2.45, 2.75) is 58.8 Å². The number of nitrogens with one attached hydrogen (secondary N) is 1. The number of thiocarbonyl (C=S) groups is 1. The molecule has 9 nitrogen and oxygen atoms in total. The van der Waals surface area contributed by atoms with Crippen LogP contribution in [-0.4, -0.2) is 34.0 Å². The molecule has 0 aliphatic carbocycles. The molecule has 2 heterocycles. The predicted octanol–water partition coefficient (Wildman–Crippen LogP) is 5.44. The first kappa shape index (κ1) is 28.1. The van der Waals surface area contributed by atoms with Crippen LogP contribution in [0.15, 0.2) is 52.2 Å². The predicted molar refractivity (Wildman–Crippen MR) is 144 cm³/mol. The van der Waals surface area contributed by atoms with Crippen LogP contribution in [0.2, 0.25) is 0 Å². The summed E-state index contributed by atoms with van der Waals surface area (Å²) in [6.45, 7) is 5.34. The number of hydrogen-bond donors (Lipinski definition) is 1. The van der Waals surface area contributed by atoms with Crippen molar-refractivity contribution >= 4 is 46.2 Å². The molecule has 1 unspecified atom stereocenters. The molecule has 1 aliphatic rings. The summed E-state index contributed by atoms with van der Waals surface area (Å²) in [6, 6.07) is 5.82. The molecule has 0 saturated heterocycles. The van der Waals surface area contributed by atoms with Crippen molar-refractivity contribution < 1.29 is 24.0 Å². The zero-order chi connectivity index (χ0) is 27.1. The zero-order valence-electron chi connectivity index (χ0n) is 21.2. The maximum atomic E-state index is 13.3. The van der Waals surface area contributed by atoms with Gasteiger partial charge in [0.2, 0.25) is 0 Å². The van der Waals surface area contributed by atoms with E-state index in [-0.39, 0.29) is 21.9 Å². The Morgan fingerprint density at radius 1 is 1.14 bits per heavy atom. The highest BCUT2D eigenvalue weighted by atomic mass is 32.1. The highest BCUT2D eigenvalue weighted by Crippen LogP contribution is 2.40. The Labute approximate surface area is 224 Å². The summed E-state index contributed by atoms with van der Waals surface area (Å²) in [6.07, 6.45) is 3.95.